The first-order valence-electron chi connectivity index (χ1n) is 8.92. The average Bonchev–Trinajstić information content (AvgIpc) is 2.57. The second-order valence-corrected chi connectivity index (χ2v) is 9.20. The van der Waals surface area contributed by atoms with Gasteiger partial charge in [0.05, 0.1) is 0 Å². The Morgan fingerprint density at radius 1 is 0.615 bits per heavy atom. The molecule has 0 amide bonds. The lowest BCUT2D eigenvalue weighted by molar-refractivity contribution is 0.108. The molecule has 0 atom stereocenters. The van der Waals surface area contributed by atoms with Crippen molar-refractivity contribution in [3.05, 3.63) is 94.0 Å². The molecule has 0 saturated carbocycles. The van der Waals surface area contributed by atoms with Gasteiger partial charge in [0.25, 0.3) is 0 Å². The molecule has 0 bridgehead atoms. The molecule has 132 valence electrons. The Labute approximate surface area is 157 Å². The van der Waals surface area contributed by atoms with Crippen LogP contribution in [0, 0.1) is 34.6 Å². The Morgan fingerprint density at radius 2 is 1.00 bits per heavy atom. The number of carbonyl (C=O) groups excluding carboxylic acids is 1. The lowest BCUT2D eigenvalue weighted by atomic mass is 10.0. The fourth-order valence-electron chi connectivity index (χ4n) is 3.40. The lowest BCUT2D eigenvalue weighted by Gasteiger charge is -2.20. The van der Waals surface area contributed by atoms with E-state index >= 15 is 0 Å². The van der Waals surface area contributed by atoms with Gasteiger partial charge in [-0.2, -0.15) is 0 Å². The smallest absolute Gasteiger partial charge is 0.193 e. The molecule has 3 aromatic rings. The van der Waals surface area contributed by atoms with Crippen LogP contribution in [0.15, 0.2) is 60.7 Å². The number of aryl methyl sites for hydroxylation is 5. The largest absolute Gasteiger partial charge is 0.288 e. The first kappa shape index (κ1) is 18.5. The third-order valence-electron chi connectivity index (χ3n) is 4.68. The summed E-state index contributed by atoms with van der Waals surface area (Å²) in [6.45, 7) is 10.3. The number of hydrogen-bond acceptors (Lipinski definition) is 1. The van der Waals surface area contributed by atoms with Crippen LogP contribution in [0.3, 0.4) is 0 Å². The van der Waals surface area contributed by atoms with Gasteiger partial charge >= 0.3 is 0 Å². The molecule has 0 N–H and O–H groups in total. The van der Waals surface area contributed by atoms with Gasteiger partial charge in [0.1, 0.15) is 0 Å². The minimum absolute atomic E-state index is 0.239. The molecule has 3 rings (SSSR count). The van der Waals surface area contributed by atoms with E-state index in [2.05, 4.69) is 81.4 Å². The van der Waals surface area contributed by atoms with Gasteiger partial charge in [0, 0.05) is 13.5 Å². The first-order chi connectivity index (χ1) is 12.4. The number of hydrogen-bond donors (Lipinski definition) is 0. The Bertz CT molecular complexity index is 868. The van der Waals surface area contributed by atoms with Crippen molar-refractivity contribution in [3.63, 3.8) is 0 Å². The van der Waals surface area contributed by atoms with Crippen molar-refractivity contribution >= 4 is 24.1 Å². The summed E-state index contributed by atoms with van der Waals surface area (Å²) >= 11 is 0. The maximum absolute atomic E-state index is 13.7. The van der Waals surface area contributed by atoms with Crippen LogP contribution >= 0.6 is 7.92 Å². The van der Waals surface area contributed by atoms with Crippen LogP contribution in [0.25, 0.3) is 0 Å². The van der Waals surface area contributed by atoms with Crippen molar-refractivity contribution in [1.82, 2.24) is 0 Å². The molecule has 0 aromatic heterocycles. The molecule has 0 fully saturated rings. The zero-order valence-electron chi connectivity index (χ0n) is 16.1. The normalized spacial score (nSPS) is 11.0. The highest BCUT2D eigenvalue weighted by Crippen LogP contribution is 2.40. The van der Waals surface area contributed by atoms with E-state index in [1.807, 2.05) is 13.8 Å². The van der Waals surface area contributed by atoms with Crippen LogP contribution < -0.4 is 10.6 Å². The van der Waals surface area contributed by atoms with Gasteiger partial charge in [0.2, 0.25) is 0 Å². The maximum atomic E-state index is 13.7. The Kier molecular flexibility index (Phi) is 5.39. The summed E-state index contributed by atoms with van der Waals surface area (Å²) in [5, 5.41) is 2.22. The second kappa shape index (κ2) is 7.56. The van der Waals surface area contributed by atoms with Crippen LogP contribution in [0.4, 0.5) is 0 Å². The topological polar surface area (TPSA) is 17.1 Å². The number of benzene rings is 3. The minimum Gasteiger partial charge on any atom is -0.288 e. The zero-order valence-corrected chi connectivity index (χ0v) is 17.0. The zero-order chi connectivity index (χ0) is 18.8. The molecular formula is C24H25OP. The van der Waals surface area contributed by atoms with Gasteiger partial charge < -0.3 is 0 Å². The molecule has 0 heterocycles. The summed E-state index contributed by atoms with van der Waals surface area (Å²) in [5.41, 5.74) is 6.88. The monoisotopic (exact) mass is 360 g/mol. The van der Waals surface area contributed by atoms with Crippen molar-refractivity contribution in [3.8, 4) is 0 Å². The van der Waals surface area contributed by atoms with Gasteiger partial charge in [0.15, 0.2) is 5.52 Å². The Balaban J connectivity index is 2.16. The summed E-state index contributed by atoms with van der Waals surface area (Å²) in [7, 11) is -1.09. The fourth-order valence-corrected chi connectivity index (χ4v) is 5.64. The molecule has 0 aliphatic rings. The number of rotatable bonds is 4. The van der Waals surface area contributed by atoms with E-state index in [-0.39, 0.29) is 5.52 Å². The molecule has 0 spiro atoms. The second-order valence-electron chi connectivity index (χ2n) is 7.09. The average molecular weight is 360 g/mol. The van der Waals surface area contributed by atoms with E-state index in [9.17, 15) is 4.79 Å². The van der Waals surface area contributed by atoms with E-state index in [0.29, 0.717) is 0 Å². The van der Waals surface area contributed by atoms with Gasteiger partial charge in [-0.05, 0) is 56.4 Å². The predicted molar refractivity (Wildman–Crippen MR) is 114 cm³/mol. The van der Waals surface area contributed by atoms with Crippen LogP contribution in [0.2, 0.25) is 0 Å². The summed E-state index contributed by atoms with van der Waals surface area (Å²) < 4.78 is 0. The molecule has 0 saturated heterocycles. The molecule has 0 radical (unpaired) electrons. The van der Waals surface area contributed by atoms with Crippen LogP contribution in [-0.4, -0.2) is 5.52 Å². The van der Waals surface area contributed by atoms with Crippen molar-refractivity contribution in [2.75, 3.05) is 0 Å². The molecule has 26 heavy (non-hydrogen) atoms. The summed E-state index contributed by atoms with van der Waals surface area (Å²) in [6, 6.07) is 21.0. The van der Waals surface area contributed by atoms with E-state index in [1.54, 1.807) is 0 Å². The maximum Gasteiger partial charge on any atom is 0.193 e. The van der Waals surface area contributed by atoms with Crippen molar-refractivity contribution in [2.24, 2.45) is 0 Å². The highest BCUT2D eigenvalue weighted by atomic mass is 31.1. The summed E-state index contributed by atoms with van der Waals surface area (Å²) in [6.07, 6.45) is 0. The quantitative estimate of drug-likeness (QED) is 0.561. The van der Waals surface area contributed by atoms with E-state index in [0.717, 1.165) is 27.3 Å². The first-order valence-corrected chi connectivity index (χ1v) is 10.3. The van der Waals surface area contributed by atoms with E-state index in [4.69, 9.17) is 0 Å². The standard InChI is InChI=1S/C24H25OP/c1-16-6-10-21(11-7-16)26(22-12-8-17(2)9-13-22)24(25)23-19(4)14-18(3)15-20(23)5/h6-15H,1-5H3. The van der Waals surface area contributed by atoms with Crippen LogP contribution in [0.5, 0.6) is 0 Å². The van der Waals surface area contributed by atoms with E-state index < -0.39 is 7.92 Å². The Hall–Kier alpha value is -2.24. The molecule has 0 aliphatic carbocycles. The Morgan fingerprint density at radius 3 is 1.38 bits per heavy atom. The molecule has 0 aliphatic heterocycles. The van der Waals surface area contributed by atoms with Crippen molar-refractivity contribution in [1.29, 1.82) is 0 Å². The molecular weight excluding hydrogens is 335 g/mol. The van der Waals surface area contributed by atoms with Crippen molar-refractivity contribution in [2.45, 2.75) is 34.6 Å². The highest BCUT2D eigenvalue weighted by Gasteiger charge is 2.26. The molecule has 2 heteroatoms. The summed E-state index contributed by atoms with van der Waals surface area (Å²) in [4.78, 5) is 13.7. The van der Waals surface area contributed by atoms with Crippen LogP contribution in [0.1, 0.15) is 38.2 Å². The van der Waals surface area contributed by atoms with Gasteiger partial charge in [-0.15, -0.1) is 0 Å². The minimum atomic E-state index is -1.09. The highest BCUT2D eigenvalue weighted by molar-refractivity contribution is 7.88. The summed E-state index contributed by atoms with van der Waals surface area (Å²) in [5.74, 6) is 0. The molecule has 0 unspecified atom stereocenters. The SMILES string of the molecule is Cc1ccc(P(C(=O)c2c(C)cc(C)cc2C)c2ccc(C)cc2)cc1. The van der Waals surface area contributed by atoms with Gasteiger partial charge in [-0.3, -0.25) is 4.79 Å². The third-order valence-corrected chi connectivity index (χ3v) is 6.94. The lowest BCUT2D eigenvalue weighted by Crippen LogP contribution is -2.20. The third kappa shape index (κ3) is 3.79. The molecule has 3 aromatic carbocycles. The molecule has 1 nitrogen and oxygen atoms in total. The van der Waals surface area contributed by atoms with Gasteiger partial charge in [-0.1, -0.05) is 77.4 Å². The van der Waals surface area contributed by atoms with Crippen LogP contribution in [-0.2, 0) is 0 Å². The fraction of sp³-hybridized carbons (Fsp3) is 0.208. The predicted octanol–water partition coefficient (Wildman–Crippen LogP) is 5.50. The van der Waals surface area contributed by atoms with Crippen molar-refractivity contribution < 1.29 is 4.79 Å². The number of carbonyl (C=O) groups is 1. The van der Waals surface area contributed by atoms with Gasteiger partial charge in [-0.25, -0.2) is 0 Å². The van der Waals surface area contributed by atoms with E-state index in [1.165, 1.54) is 16.7 Å².